The van der Waals surface area contributed by atoms with E-state index in [-0.39, 0.29) is 11.9 Å². The number of carbonyl (C=O) groups excluding carboxylic acids is 2. The minimum atomic E-state index is -0.629. The lowest BCUT2D eigenvalue weighted by Crippen LogP contribution is -2.52. The van der Waals surface area contributed by atoms with Crippen molar-refractivity contribution in [3.05, 3.63) is 46.3 Å². The fraction of sp³-hybridized carbons (Fsp3) is 0.500. The Kier molecular flexibility index (Phi) is 6.25. The first kappa shape index (κ1) is 21.9. The molecule has 2 aliphatic heterocycles. The molecule has 1 N–H and O–H groups in total. The molecule has 3 amide bonds. The number of hydrogen-bond donors (Lipinski definition) is 1. The summed E-state index contributed by atoms with van der Waals surface area (Å²) in [6, 6.07) is 12.1. The van der Waals surface area contributed by atoms with Crippen LogP contribution < -0.4 is 5.32 Å². The minimum absolute atomic E-state index is 0.0182. The first-order valence-electron chi connectivity index (χ1n) is 11.5. The van der Waals surface area contributed by atoms with Gasteiger partial charge in [-0.2, -0.15) is 0 Å². The van der Waals surface area contributed by atoms with Crippen molar-refractivity contribution in [3.8, 4) is 10.4 Å². The minimum Gasteiger partial charge on any atom is -0.323 e. The zero-order valence-corrected chi connectivity index (χ0v) is 19.8. The van der Waals surface area contributed by atoms with Crippen molar-refractivity contribution in [3.63, 3.8) is 0 Å². The maximum atomic E-state index is 13.0. The molecule has 0 radical (unpaired) electrons. The standard InChI is InChI=1S/C24H29ClN4O2S/c25-20-7-3-2-6-19(20)21-9-8-18(32-21)16-27-12-14-28(15-13-27)17-29-22(30)24(26-23(29)31)10-4-1-5-11-24/h2-3,6-9H,1,4-5,10-17H2,(H,26,31). The number of imide groups is 1. The summed E-state index contributed by atoms with van der Waals surface area (Å²) in [7, 11) is 0. The third kappa shape index (κ3) is 4.31. The lowest BCUT2D eigenvalue weighted by Gasteiger charge is -2.36. The van der Waals surface area contributed by atoms with Gasteiger partial charge in [0.1, 0.15) is 5.54 Å². The van der Waals surface area contributed by atoms with Crippen molar-refractivity contribution in [2.45, 2.75) is 44.2 Å². The summed E-state index contributed by atoms with van der Waals surface area (Å²) in [5, 5.41) is 3.79. The monoisotopic (exact) mass is 472 g/mol. The second kappa shape index (κ2) is 9.14. The number of thiophene rings is 1. The van der Waals surface area contributed by atoms with E-state index in [0.29, 0.717) is 6.67 Å². The van der Waals surface area contributed by atoms with Gasteiger partial charge in [0.05, 0.1) is 6.67 Å². The molecule has 1 spiro atoms. The lowest BCUT2D eigenvalue weighted by molar-refractivity contribution is -0.134. The highest BCUT2D eigenvalue weighted by Crippen LogP contribution is 2.35. The predicted octanol–water partition coefficient (Wildman–Crippen LogP) is 4.40. The molecule has 1 aliphatic carbocycles. The quantitative estimate of drug-likeness (QED) is 0.655. The van der Waals surface area contributed by atoms with Gasteiger partial charge in [0.15, 0.2) is 0 Å². The molecule has 6 nitrogen and oxygen atoms in total. The number of carbonyl (C=O) groups is 2. The average Bonchev–Trinajstić information content (AvgIpc) is 3.34. The number of halogens is 1. The Morgan fingerprint density at radius 2 is 1.66 bits per heavy atom. The molecule has 0 unspecified atom stereocenters. The number of piperazine rings is 1. The van der Waals surface area contributed by atoms with Crippen LogP contribution in [-0.4, -0.2) is 65.0 Å². The van der Waals surface area contributed by atoms with E-state index in [1.165, 1.54) is 14.7 Å². The second-order valence-corrected chi connectivity index (χ2v) is 10.7. The van der Waals surface area contributed by atoms with E-state index in [1.807, 2.05) is 18.2 Å². The molecule has 1 aromatic heterocycles. The average molecular weight is 473 g/mol. The number of amides is 3. The van der Waals surface area contributed by atoms with E-state index in [1.54, 1.807) is 11.3 Å². The topological polar surface area (TPSA) is 55.9 Å². The molecule has 0 bridgehead atoms. The van der Waals surface area contributed by atoms with Gasteiger partial charge >= 0.3 is 6.03 Å². The fourth-order valence-electron chi connectivity index (χ4n) is 5.08. The predicted molar refractivity (Wildman–Crippen MR) is 128 cm³/mol. The van der Waals surface area contributed by atoms with Crippen molar-refractivity contribution in [1.29, 1.82) is 0 Å². The molecule has 3 aliphatic rings. The zero-order chi connectivity index (χ0) is 22.1. The van der Waals surface area contributed by atoms with Crippen LogP contribution >= 0.6 is 22.9 Å². The maximum Gasteiger partial charge on any atom is 0.326 e. The summed E-state index contributed by atoms with van der Waals surface area (Å²) in [6.45, 7) is 4.87. The molecular formula is C24H29ClN4O2S. The third-order valence-electron chi connectivity index (χ3n) is 6.94. The van der Waals surface area contributed by atoms with Gasteiger partial charge in [0, 0.05) is 53.1 Å². The Labute approximate surface area is 198 Å². The van der Waals surface area contributed by atoms with Gasteiger partial charge in [-0.1, -0.05) is 49.1 Å². The smallest absolute Gasteiger partial charge is 0.323 e. The molecule has 1 saturated carbocycles. The summed E-state index contributed by atoms with van der Waals surface area (Å²) in [4.78, 5) is 34.2. The highest BCUT2D eigenvalue weighted by Gasteiger charge is 2.51. The highest BCUT2D eigenvalue weighted by atomic mass is 35.5. The van der Waals surface area contributed by atoms with Crippen LogP contribution in [0.3, 0.4) is 0 Å². The van der Waals surface area contributed by atoms with Crippen molar-refractivity contribution >= 4 is 34.9 Å². The Morgan fingerprint density at radius 3 is 2.41 bits per heavy atom. The van der Waals surface area contributed by atoms with Gasteiger partial charge in [-0.3, -0.25) is 14.6 Å². The first-order valence-corrected chi connectivity index (χ1v) is 12.7. The largest absolute Gasteiger partial charge is 0.326 e. The number of rotatable bonds is 5. The molecule has 8 heteroatoms. The first-order chi connectivity index (χ1) is 15.5. The fourth-order valence-corrected chi connectivity index (χ4v) is 6.46. The Balaban J connectivity index is 1.14. The number of hydrogen-bond acceptors (Lipinski definition) is 5. The van der Waals surface area contributed by atoms with E-state index in [2.05, 4.69) is 33.3 Å². The van der Waals surface area contributed by atoms with Crippen molar-refractivity contribution in [2.24, 2.45) is 0 Å². The van der Waals surface area contributed by atoms with E-state index in [9.17, 15) is 9.59 Å². The van der Waals surface area contributed by atoms with Crippen molar-refractivity contribution < 1.29 is 9.59 Å². The van der Waals surface area contributed by atoms with Gasteiger partial charge in [-0.25, -0.2) is 9.69 Å². The van der Waals surface area contributed by atoms with Gasteiger partial charge < -0.3 is 5.32 Å². The molecule has 1 aromatic carbocycles. The summed E-state index contributed by atoms with van der Waals surface area (Å²) < 4.78 is 0. The van der Waals surface area contributed by atoms with E-state index < -0.39 is 5.54 Å². The van der Waals surface area contributed by atoms with E-state index in [4.69, 9.17) is 11.6 Å². The van der Waals surface area contributed by atoms with Crippen LogP contribution in [0.25, 0.3) is 10.4 Å². The molecule has 0 atom stereocenters. The van der Waals surface area contributed by atoms with Crippen LogP contribution in [0.15, 0.2) is 36.4 Å². The third-order valence-corrected chi connectivity index (χ3v) is 8.37. The summed E-state index contributed by atoms with van der Waals surface area (Å²) in [6.07, 6.45) is 4.73. The lowest BCUT2D eigenvalue weighted by atomic mass is 9.82. The molecule has 32 heavy (non-hydrogen) atoms. The molecule has 170 valence electrons. The Bertz CT molecular complexity index is 995. The molecule has 3 fully saturated rings. The Morgan fingerprint density at radius 1 is 0.938 bits per heavy atom. The molecule has 2 aromatic rings. The van der Waals surface area contributed by atoms with Crippen LogP contribution in [0, 0.1) is 0 Å². The highest BCUT2D eigenvalue weighted by molar-refractivity contribution is 7.15. The van der Waals surface area contributed by atoms with Crippen LogP contribution in [0.4, 0.5) is 4.79 Å². The van der Waals surface area contributed by atoms with Gasteiger partial charge in [-0.15, -0.1) is 11.3 Å². The Hall–Kier alpha value is -1.93. The second-order valence-electron chi connectivity index (χ2n) is 9.09. The summed E-state index contributed by atoms with van der Waals surface area (Å²) in [5.74, 6) is -0.0182. The van der Waals surface area contributed by atoms with Crippen molar-refractivity contribution in [2.75, 3.05) is 32.8 Å². The number of nitrogens with one attached hydrogen (secondary N) is 1. The van der Waals surface area contributed by atoms with Crippen molar-refractivity contribution in [1.82, 2.24) is 20.0 Å². The van der Waals surface area contributed by atoms with E-state index >= 15 is 0 Å². The van der Waals surface area contributed by atoms with Crippen LogP contribution in [-0.2, 0) is 11.3 Å². The molecular weight excluding hydrogens is 444 g/mol. The maximum absolute atomic E-state index is 13.0. The van der Waals surface area contributed by atoms with Gasteiger partial charge in [0.2, 0.25) is 0 Å². The van der Waals surface area contributed by atoms with Crippen LogP contribution in [0.5, 0.6) is 0 Å². The molecule has 5 rings (SSSR count). The normalized spacial score (nSPS) is 22.0. The molecule has 2 saturated heterocycles. The summed E-state index contributed by atoms with van der Waals surface area (Å²) in [5.41, 5.74) is 0.454. The summed E-state index contributed by atoms with van der Waals surface area (Å²) >= 11 is 8.14. The number of benzene rings is 1. The number of nitrogens with zero attached hydrogens (tertiary/aromatic N) is 3. The SMILES string of the molecule is O=C1NC2(CCCCC2)C(=O)N1CN1CCN(Cc2ccc(-c3ccccc3Cl)s2)CC1. The van der Waals surface area contributed by atoms with Crippen LogP contribution in [0.1, 0.15) is 37.0 Å². The number of urea groups is 1. The van der Waals surface area contributed by atoms with Crippen LogP contribution in [0.2, 0.25) is 5.02 Å². The molecule has 3 heterocycles. The zero-order valence-electron chi connectivity index (χ0n) is 18.2. The van der Waals surface area contributed by atoms with E-state index in [0.717, 1.165) is 75.4 Å². The van der Waals surface area contributed by atoms with Gasteiger partial charge in [-0.05, 0) is 31.0 Å². The van der Waals surface area contributed by atoms with Gasteiger partial charge in [0.25, 0.3) is 5.91 Å².